The van der Waals surface area contributed by atoms with Gasteiger partial charge in [-0.15, -0.1) is 0 Å². The molecule has 4 heteroatoms. The number of carbonyl (C=O) groups is 1. The van der Waals surface area contributed by atoms with Gasteiger partial charge >= 0.3 is 0 Å². The number of amides is 1. The summed E-state index contributed by atoms with van der Waals surface area (Å²) < 4.78 is 5.14. The molecule has 0 bridgehead atoms. The van der Waals surface area contributed by atoms with Gasteiger partial charge in [0.05, 0.1) is 12.5 Å². The maximum atomic E-state index is 12.0. The van der Waals surface area contributed by atoms with Gasteiger partial charge in [-0.3, -0.25) is 4.79 Å². The molecule has 0 aliphatic carbocycles. The Labute approximate surface area is 115 Å². The van der Waals surface area contributed by atoms with Crippen LogP contribution in [0.2, 0.25) is 0 Å². The minimum Gasteiger partial charge on any atom is -0.380 e. The van der Waals surface area contributed by atoms with Gasteiger partial charge in [-0.25, -0.2) is 0 Å². The Morgan fingerprint density at radius 1 is 1.32 bits per heavy atom. The fourth-order valence-corrected chi connectivity index (χ4v) is 2.06. The van der Waals surface area contributed by atoms with Crippen LogP contribution >= 0.6 is 0 Å². The molecule has 4 nitrogen and oxygen atoms in total. The SMILES string of the molecule is CCc1cccc(CC)c1NC(=O)CC(CN)OC. The van der Waals surface area contributed by atoms with Crippen LogP contribution in [0.4, 0.5) is 5.69 Å². The Bertz CT molecular complexity index is 392. The van der Waals surface area contributed by atoms with Crippen molar-refractivity contribution in [2.45, 2.75) is 39.2 Å². The van der Waals surface area contributed by atoms with E-state index < -0.39 is 0 Å². The van der Waals surface area contributed by atoms with Crippen molar-refractivity contribution in [2.24, 2.45) is 5.73 Å². The van der Waals surface area contributed by atoms with Crippen LogP contribution in [-0.2, 0) is 22.4 Å². The van der Waals surface area contributed by atoms with Crippen LogP contribution in [0.3, 0.4) is 0 Å². The minimum absolute atomic E-state index is 0.0482. The van der Waals surface area contributed by atoms with Gasteiger partial charge < -0.3 is 15.8 Å². The number of nitrogens with two attached hydrogens (primary N) is 1. The second-order valence-electron chi connectivity index (χ2n) is 4.50. The van der Waals surface area contributed by atoms with E-state index in [1.54, 1.807) is 7.11 Å². The Morgan fingerprint density at radius 3 is 2.32 bits per heavy atom. The van der Waals surface area contributed by atoms with Crippen LogP contribution < -0.4 is 11.1 Å². The van der Waals surface area contributed by atoms with Crippen molar-refractivity contribution in [1.29, 1.82) is 0 Å². The molecule has 0 aliphatic rings. The fraction of sp³-hybridized carbons (Fsp3) is 0.533. The summed E-state index contributed by atoms with van der Waals surface area (Å²) in [5.74, 6) is -0.0482. The number of para-hydroxylation sites is 1. The Hall–Kier alpha value is -1.39. The summed E-state index contributed by atoms with van der Waals surface area (Å²) in [6.07, 6.45) is 1.86. The average Bonchev–Trinajstić information content (AvgIpc) is 2.44. The van der Waals surface area contributed by atoms with Crippen molar-refractivity contribution in [3.63, 3.8) is 0 Å². The highest BCUT2D eigenvalue weighted by Crippen LogP contribution is 2.22. The van der Waals surface area contributed by atoms with Gasteiger partial charge in [0.15, 0.2) is 0 Å². The van der Waals surface area contributed by atoms with Gasteiger partial charge in [-0.05, 0) is 24.0 Å². The van der Waals surface area contributed by atoms with Crippen LogP contribution in [0.15, 0.2) is 18.2 Å². The summed E-state index contributed by atoms with van der Waals surface area (Å²) in [6, 6.07) is 6.13. The van der Waals surface area contributed by atoms with Crippen molar-refractivity contribution in [3.05, 3.63) is 29.3 Å². The van der Waals surface area contributed by atoms with Crippen molar-refractivity contribution in [1.82, 2.24) is 0 Å². The largest absolute Gasteiger partial charge is 0.380 e. The molecule has 0 spiro atoms. The van der Waals surface area contributed by atoms with Crippen molar-refractivity contribution >= 4 is 11.6 Å². The third-order valence-electron chi connectivity index (χ3n) is 3.27. The first-order chi connectivity index (χ1) is 9.15. The molecular weight excluding hydrogens is 240 g/mol. The van der Waals surface area contributed by atoms with E-state index in [2.05, 4.69) is 19.2 Å². The summed E-state index contributed by atoms with van der Waals surface area (Å²) in [6.45, 7) is 4.52. The topological polar surface area (TPSA) is 64.4 Å². The third-order valence-corrected chi connectivity index (χ3v) is 3.27. The van der Waals surface area contributed by atoms with Gasteiger partial charge in [-0.1, -0.05) is 32.0 Å². The fourth-order valence-electron chi connectivity index (χ4n) is 2.06. The Balaban J connectivity index is 2.83. The highest BCUT2D eigenvalue weighted by atomic mass is 16.5. The van der Waals surface area contributed by atoms with Gasteiger partial charge in [0.1, 0.15) is 0 Å². The quantitative estimate of drug-likeness (QED) is 0.793. The zero-order valence-electron chi connectivity index (χ0n) is 12.0. The average molecular weight is 264 g/mol. The normalized spacial score (nSPS) is 12.2. The number of aryl methyl sites for hydroxylation is 2. The first kappa shape index (κ1) is 15.7. The lowest BCUT2D eigenvalue weighted by atomic mass is 10.0. The number of hydrogen-bond donors (Lipinski definition) is 2. The molecule has 1 aromatic carbocycles. The molecule has 0 fully saturated rings. The van der Waals surface area contributed by atoms with Gasteiger partial charge in [0.25, 0.3) is 0 Å². The molecule has 1 aromatic rings. The first-order valence-electron chi connectivity index (χ1n) is 6.79. The predicted octanol–water partition coefficient (Wildman–Crippen LogP) is 2.11. The number of ether oxygens (including phenoxy) is 1. The molecule has 0 aliphatic heterocycles. The van der Waals surface area contributed by atoms with Crippen LogP contribution in [0, 0.1) is 0 Å². The van der Waals surface area contributed by atoms with Crippen molar-refractivity contribution in [2.75, 3.05) is 19.0 Å². The van der Waals surface area contributed by atoms with E-state index in [4.69, 9.17) is 10.5 Å². The molecule has 106 valence electrons. The van der Waals surface area contributed by atoms with E-state index in [0.29, 0.717) is 6.54 Å². The standard InChI is InChI=1S/C15H24N2O2/c1-4-11-7-6-8-12(5-2)15(11)17-14(18)9-13(10-16)19-3/h6-8,13H,4-5,9-10,16H2,1-3H3,(H,17,18). The summed E-state index contributed by atoms with van der Waals surface area (Å²) in [7, 11) is 1.57. The summed E-state index contributed by atoms with van der Waals surface area (Å²) in [5, 5.41) is 3.01. The maximum Gasteiger partial charge on any atom is 0.227 e. The van der Waals surface area contributed by atoms with E-state index in [9.17, 15) is 4.79 Å². The van der Waals surface area contributed by atoms with Gasteiger partial charge in [0.2, 0.25) is 5.91 Å². The molecule has 0 aromatic heterocycles. The number of nitrogens with one attached hydrogen (secondary N) is 1. The monoisotopic (exact) mass is 264 g/mol. The molecule has 1 atom stereocenters. The first-order valence-corrected chi connectivity index (χ1v) is 6.79. The van der Waals surface area contributed by atoms with Crippen molar-refractivity contribution < 1.29 is 9.53 Å². The number of hydrogen-bond acceptors (Lipinski definition) is 3. The van der Waals surface area contributed by atoms with Crippen LogP contribution in [0.1, 0.15) is 31.4 Å². The van der Waals surface area contributed by atoms with Crippen LogP contribution in [-0.4, -0.2) is 25.7 Å². The minimum atomic E-state index is -0.223. The highest BCUT2D eigenvalue weighted by Gasteiger charge is 2.14. The summed E-state index contributed by atoms with van der Waals surface area (Å²) in [4.78, 5) is 12.0. The van der Waals surface area contributed by atoms with Gasteiger partial charge in [0, 0.05) is 19.3 Å². The number of benzene rings is 1. The van der Waals surface area contributed by atoms with E-state index in [-0.39, 0.29) is 18.4 Å². The number of rotatable bonds is 7. The number of carbonyl (C=O) groups excluding carboxylic acids is 1. The van der Waals surface area contributed by atoms with E-state index in [0.717, 1.165) is 29.7 Å². The van der Waals surface area contributed by atoms with Crippen LogP contribution in [0.5, 0.6) is 0 Å². The second kappa shape index (κ2) is 7.92. The van der Waals surface area contributed by atoms with E-state index >= 15 is 0 Å². The Kier molecular flexibility index (Phi) is 6.53. The zero-order chi connectivity index (χ0) is 14.3. The molecule has 0 radical (unpaired) electrons. The summed E-state index contributed by atoms with van der Waals surface area (Å²) >= 11 is 0. The molecule has 1 rings (SSSR count). The van der Waals surface area contributed by atoms with Crippen molar-refractivity contribution in [3.8, 4) is 0 Å². The lowest BCUT2D eigenvalue weighted by Gasteiger charge is -2.16. The molecule has 0 saturated carbocycles. The molecule has 19 heavy (non-hydrogen) atoms. The molecule has 1 amide bonds. The molecule has 0 heterocycles. The summed E-state index contributed by atoms with van der Waals surface area (Å²) in [5.41, 5.74) is 8.80. The van der Waals surface area contributed by atoms with Crippen LogP contribution in [0.25, 0.3) is 0 Å². The predicted molar refractivity (Wildman–Crippen MR) is 78.3 cm³/mol. The molecular formula is C15H24N2O2. The van der Waals surface area contributed by atoms with Gasteiger partial charge in [-0.2, -0.15) is 0 Å². The Morgan fingerprint density at radius 2 is 1.89 bits per heavy atom. The zero-order valence-corrected chi connectivity index (χ0v) is 12.0. The highest BCUT2D eigenvalue weighted by molar-refractivity contribution is 5.92. The lowest BCUT2D eigenvalue weighted by Crippen LogP contribution is -2.28. The second-order valence-corrected chi connectivity index (χ2v) is 4.50. The smallest absolute Gasteiger partial charge is 0.227 e. The van der Waals surface area contributed by atoms with E-state index in [1.165, 1.54) is 0 Å². The van der Waals surface area contributed by atoms with E-state index in [1.807, 2.05) is 18.2 Å². The molecule has 3 N–H and O–H groups in total. The molecule has 0 saturated heterocycles. The molecule has 1 unspecified atom stereocenters. The lowest BCUT2D eigenvalue weighted by molar-refractivity contribution is -0.118. The third kappa shape index (κ3) is 4.33. The number of methoxy groups -OCH3 is 1. The maximum absolute atomic E-state index is 12.0. The number of anilines is 1.